The summed E-state index contributed by atoms with van der Waals surface area (Å²) >= 11 is 6.75. The molecule has 3 aromatic rings. The van der Waals surface area contributed by atoms with Crippen molar-refractivity contribution in [1.29, 1.82) is 0 Å². The predicted molar refractivity (Wildman–Crippen MR) is 152 cm³/mol. The Labute approximate surface area is 254 Å². The van der Waals surface area contributed by atoms with E-state index in [9.17, 15) is 17.6 Å². The molecule has 1 aromatic carbocycles. The molecule has 0 amide bonds. The third kappa shape index (κ3) is 4.59. The first kappa shape index (κ1) is 29.5. The van der Waals surface area contributed by atoms with Gasteiger partial charge in [-0.25, -0.2) is 13.8 Å². The lowest BCUT2D eigenvalue weighted by Gasteiger charge is -2.34. The highest BCUT2D eigenvalue weighted by Gasteiger charge is 2.49. The maximum atomic E-state index is 16.7. The molecule has 0 saturated carbocycles. The summed E-state index contributed by atoms with van der Waals surface area (Å²) in [7, 11) is 1.76. The molecule has 7 rings (SSSR count). The number of likely N-dealkylation sites (N-methyl/N-ethyl adjacent to an activating group) is 1. The molecule has 15 heteroatoms. The van der Waals surface area contributed by atoms with Crippen LogP contribution in [0.1, 0.15) is 30.4 Å². The number of alkyl halides is 4. The van der Waals surface area contributed by atoms with Crippen molar-refractivity contribution in [1.82, 2.24) is 19.9 Å². The normalized spacial score (nSPS) is 26.8. The number of benzene rings is 1. The number of rotatable bonds is 4. The number of halogens is 6. The van der Waals surface area contributed by atoms with Crippen LogP contribution in [0.15, 0.2) is 6.07 Å². The molecule has 4 aliphatic rings. The van der Waals surface area contributed by atoms with E-state index in [0.29, 0.717) is 26.2 Å². The zero-order chi connectivity index (χ0) is 31.1. The summed E-state index contributed by atoms with van der Waals surface area (Å²) < 4.78 is 92.1. The van der Waals surface area contributed by atoms with Crippen LogP contribution in [0.4, 0.5) is 33.6 Å². The van der Waals surface area contributed by atoms with Gasteiger partial charge in [0.15, 0.2) is 11.6 Å². The van der Waals surface area contributed by atoms with Crippen molar-refractivity contribution in [3.8, 4) is 23.0 Å². The molecule has 236 valence electrons. The first-order valence-electron chi connectivity index (χ1n) is 14.4. The standard InChI is InChI=1S/C29H30ClF5N6O3/c1-13-6-17(36)37-23(20(13)29(33,34)35)18-21(30)25-19-24(22(18)32)38-27(44-12-28-4-3-5-41(28)8-15(31)7-28)39-26(19)40(2)16-11-42-9-14(16)10-43-25/h6,14-16H,3-5,7-12H2,1-2H3,(H2,36,37)/t14?,15-,16?,28+/m1/s1. The van der Waals surface area contributed by atoms with Crippen LogP contribution < -0.4 is 20.1 Å². The molecule has 0 radical (unpaired) electrons. The van der Waals surface area contributed by atoms with Crippen molar-refractivity contribution < 1.29 is 36.2 Å². The number of nitrogens with zero attached hydrogens (tertiary/aromatic N) is 5. The van der Waals surface area contributed by atoms with Crippen LogP contribution in [0.5, 0.6) is 11.8 Å². The molecule has 4 aliphatic heterocycles. The fourth-order valence-electron chi connectivity index (χ4n) is 7.30. The summed E-state index contributed by atoms with van der Waals surface area (Å²) in [6.45, 7) is 3.15. The van der Waals surface area contributed by atoms with Gasteiger partial charge in [-0.2, -0.15) is 23.1 Å². The van der Waals surface area contributed by atoms with Gasteiger partial charge in [0.25, 0.3) is 0 Å². The first-order chi connectivity index (χ1) is 20.9. The highest BCUT2D eigenvalue weighted by Crippen LogP contribution is 2.51. The van der Waals surface area contributed by atoms with Crippen LogP contribution >= 0.6 is 11.6 Å². The zero-order valence-electron chi connectivity index (χ0n) is 24.0. The molecular weight excluding hydrogens is 611 g/mol. The van der Waals surface area contributed by atoms with E-state index < -0.39 is 45.5 Å². The highest BCUT2D eigenvalue weighted by atomic mass is 35.5. The molecule has 2 aromatic heterocycles. The summed E-state index contributed by atoms with van der Waals surface area (Å²) in [5.41, 5.74) is 2.11. The molecule has 44 heavy (non-hydrogen) atoms. The van der Waals surface area contributed by atoms with Crippen molar-refractivity contribution >= 4 is 34.1 Å². The number of fused-ring (bicyclic) bond motifs is 2. The van der Waals surface area contributed by atoms with Gasteiger partial charge in [-0.3, -0.25) is 4.90 Å². The number of anilines is 2. The van der Waals surface area contributed by atoms with E-state index in [4.69, 9.17) is 31.5 Å². The Morgan fingerprint density at radius 3 is 2.77 bits per heavy atom. The summed E-state index contributed by atoms with van der Waals surface area (Å²) in [4.78, 5) is 16.8. The van der Waals surface area contributed by atoms with Gasteiger partial charge >= 0.3 is 12.2 Å². The van der Waals surface area contributed by atoms with E-state index in [-0.39, 0.29) is 65.0 Å². The number of pyridine rings is 1. The average molecular weight is 641 g/mol. The molecule has 9 nitrogen and oxygen atoms in total. The second-order valence-electron chi connectivity index (χ2n) is 12.1. The van der Waals surface area contributed by atoms with Gasteiger partial charge in [-0.05, 0) is 37.9 Å². The Kier molecular flexibility index (Phi) is 6.98. The quantitative estimate of drug-likeness (QED) is 0.386. The molecule has 0 spiro atoms. The highest BCUT2D eigenvalue weighted by molar-refractivity contribution is 6.36. The third-order valence-corrected chi connectivity index (χ3v) is 9.73. The van der Waals surface area contributed by atoms with Crippen LogP contribution in [0.3, 0.4) is 0 Å². The predicted octanol–water partition coefficient (Wildman–Crippen LogP) is 5.19. The van der Waals surface area contributed by atoms with Crippen LogP contribution in [0.2, 0.25) is 5.02 Å². The summed E-state index contributed by atoms with van der Waals surface area (Å²) in [6, 6.07) is 0.661. The van der Waals surface area contributed by atoms with Gasteiger partial charge in [0.2, 0.25) is 0 Å². The van der Waals surface area contributed by atoms with E-state index in [1.54, 1.807) is 7.05 Å². The molecule has 2 unspecified atom stereocenters. The lowest BCUT2D eigenvalue weighted by molar-refractivity contribution is -0.137. The number of nitrogens with two attached hydrogens (primary N) is 1. The molecule has 0 bridgehead atoms. The summed E-state index contributed by atoms with van der Waals surface area (Å²) in [5, 5.41) is -0.335. The van der Waals surface area contributed by atoms with Crippen LogP contribution in [-0.2, 0) is 10.9 Å². The molecule has 3 fully saturated rings. The van der Waals surface area contributed by atoms with Gasteiger partial charge in [0.1, 0.15) is 29.9 Å². The monoisotopic (exact) mass is 640 g/mol. The second kappa shape index (κ2) is 10.4. The second-order valence-corrected chi connectivity index (χ2v) is 12.5. The Morgan fingerprint density at radius 2 is 2.00 bits per heavy atom. The van der Waals surface area contributed by atoms with E-state index in [1.807, 2.05) is 4.90 Å². The van der Waals surface area contributed by atoms with E-state index in [2.05, 4.69) is 19.9 Å². The smallest absolute Gasteiger partial charge is 0.418 e. The summed E-state index contributed by atoms with van der Waals surface area (Å²) in [5.74, 6) is -1.41. The largest absolute Gasteiger partial charge is 0.491 e. The molecule has 6 heterocycles. The lowest BCUT2D eigenvalue weighted by Crippen LogP contribution is -2.44. The minimum Gasteiger partial charge on any atom is -0.491 e. The number of ether oxygens (including phenoxy) is 3. The molecule has 0 aliphatic carbocycles. The van der Waals surface area contributed by atoms with Gasteiger partial charge in [0, 0.05) is 25.9 Å². The minimum atomic E-state index is -4.90. The topological polar surface area (TPSA) is 98.9 Å². The number of aromatic nitrogens is 3. The Morgan fingerprint density at radius 1 is 1.20 bits per heavy atom. The van der Waals surface area contributed by atoms with E-state index >= 15 is 4.39 Å². The number of aryl methyl sites for hydroxylation is 1. The Bertz CT molecular complexity index is 1660. The Hall–Kier alpha value is -3.23. The maximum Gasteiger partial charge on any atom is 0.418 e. The SMILES string of the molecule is Cc1cc(N)nc(-c2c(Cl)c3c4c(nc(OC[C@@]56CCCN5C[C@H](F)C6)nc4c2F)N(C)C2COCC2CO3)c1C(F)(F)F. The minimum absolute atomic E-state index is 0.0663. The summed E-state index contributed by atoms with van der Waals surface area (Å²) in [6.07, 6.45) is -3.99. The maximum absolute atomic E-state index is 16.7. The first-order valence-corrected chi connectivity index (χ1v) is 14.8. The van der Waals surface area contributed by atoms with Crippen molar-refractivity contribution in [2.75, 3.05) is 57.2 Å². The van der Waals surface area contributed by atoms with Crippen molar-refractivity contribution in [3.63, 3.8) is 0 Å². The van der Waals surface area contributed by atoms with Crippen LogP contribution in [0.25, 0.3) is 22.2 Å². The molecular formula is C29H30ClF5N6O3. The van der Waals surface area contributed by atoms with E-state index in [0.717, 1.165) is 25.5 Å². The van der Waals surface area contributed by atoms with Crippen molar-refractivity contribution in [3.05, 3.63) is 28.0 Å². The van der Waals surface area contributed by atoms with E-state index in [1.165, 1.54) is 6.92 Å². The zero-order valence-corrected chi connectivity index (χ0v) is 24.7. The molecule has 4 atom stereocenters. The van der Waals surface area contributed by atoms with Crippen molar-refractivity contribution in [2.45, 2.75) is 50.1 Å². The number of nitrogen functional groups attached to an aromatic ring is 1. The van der Waals surface area contributed by atoms with Crippen LogP contribution in [-0.4, -0.2) is 84.2 Å². The van der Waals surface area contributed by atoms with Crippen LogP contribution in [0, 0.1) is 18.7 Å². The fourth-order valence-corrected chi connectivity index (χ4v) is 7.63. The van der Waals surface area contributed by atoms with Crippen molar-refractivity contribution in [2.24, 2.45) is 5.92 Å². The Balaban J connectivity index is 1.45. The van der Waals surface area contributed by atoms with Gasteiger partial charge < -0.3 is 24.8 Å². The van der Waals surface area contributed by atoms with Gasteiger partial charge in [-0.15, -0.1) is 0 Å². The average Bonchev–Trinajstić information content (AvgIpc) is 3.63. The molecule has 3 saturated heterocycles. The third-order valence-electron chi connectivity index (χ3n) is 9.37. The molecule has 2 N–H and O–H groups in total. The number of hydrogen-bond donors (Lipinski definition) is 1. The van der Waals surface area contributed by atoms with Gasteiger partial charge in [0.05, 0.1) is 58.6 Å². The fraction of sp³-hybridized carbons (Fsp3) is 0.552. The number of hydrogen-bond acceptors (Lipinski definition) is 9. The van der Waals surface area contributed by atoms with Gasteiger partial charge in [-0.1, -0.05) is 11.6 Å². The lowest BCUT2D eigenvalue weighted by atomic mass is 9.95.